The van der Waals surface area contributed by atoms with E-state index in [1.807, 2.05) is 6.92 Å². The molecule has 38 heavy (non-hydrogen) atoms. The molecule has 4 atom stereocenters. The molecular formula is C24H28F5N5O3S. The summed E-state index contributed by atoms with van der Waals surface area (Å²) in [5.74, 6) is -1.60. The number of thiazole rings is 1. The number of hydrogen-bond acceptors (Lipinski definition) is 7. The summed E-state index contributed by atoms with van der Waals surface area (Å²) >= 11 is 0.723. The van der Waals surface area contributed by atoms with Crippen molar-refractivity contribution in [1.29, 1.82) is 0 Å². The number of carbonyl (C=O) groups excluding carboxylic acids is 2. The van der Waals surface area contributed by atoms with E-state index in [4.69, 9.17) is 0 Å². The summed E-state index contributed by atoms with van der Waals surface area (Å²) in [5.41, 5.74) is -1.05. The molecule has 1 saturated heterocycles. The highest BCUT2D eigenvalue weighted by Gasteiger charge is 2.37. The van der Waals surface area contributed by atoms with E-state index in [2.05, 4.69) is 20.6 Å². The molecule has 2 aromatic rings. The second-order valence-electron chi connectivity index (χ2n) is 9.63. The van der Waals surface area contributed by atoms with Gasteiger partial charge in [0.05, 0.1) is 17.0 Å². The predicted octanol–water partition coefficient (Wildman–Crippen LogP) is 4.77. The summed E-state index contributed by atoms with van der Waals surface area (Å²) in [5, 5.41) is 14.7. The van der Waals surface area contributed by atoms with Gasteiger partial charge in [0.2, 0.25) is 0 Å². The molecule has 0 unspecified atom stereocenters. The summed E-state index contributed by atoms with van der Waals surface area (Å²) in [4.78, 5) is 36.1. The highest BCUT2D eigenvalue weighted by atomic mass is 32.1. The number of pyridine rings is 1. The van der Waals surface area contributed by atoms with Crippen LogP contribution in [0.1, 0.15) is 78.2 Å². The number of halogens is 5. The van der Waals surface area contributed by atoms with Gasteiger partial charge in [0.1, 0.15) is 17.6 Å². The monoisotopic (exact) mass is 561 g/mol. The lowest BCUT2D eigenvalue weighted by molar-refractivity contribution is -0.138. The Morgan fingerprint density at radius 1 is 1.21 bits per heavy atom. The number of aromatic nitrogens is 2. The molecule has 3 heterocycles. The van der Waals surface area contributed by atoms with E-state index in [1.165, 1.54) is 0 Å². The first kappa shape index (κ1) is 28.1. The van der Waals surface area contributed by atoms with E-state index in [0.29, 0.717) is 19.4 Å². The Hall–Kier alpha value is -2.87. The lowest BCUT2D eigenvalue weighted by atomic mass is 10.1. The fourth-order valence-corrected chi connectivity index (χ4v) is 5.67. The van der Waals surface area contributed by atoms with E-state index in [1.54, 1.807) is 4.90 Å². The molecule has 208 valence electrons. The SMILES string of the molecule is C[C@H](Nc1cc(C(F)F)c(-c2sc(C(=O)N[C@@H]3CCC[C@H]3O)nc2C(=O)N2CCC[C@@H]2C)cn1)C(F)(F)F. The molecule has 1 aliphatic carbocycles. The number of alkyl halides is 5. The molecule has 0 spiro atoms. The van der Waals surface area contributed by atoms with Crippen molar-refractivity contribution in [1.82, 2.24) is 20.2 Å². The van der Waals surface area contributed by atoms with Gasteiger partial charge in [-0.25, -0.2) is 18.7 Å². The lowest BCUT2D eigenvalue weighted by Crippen LogP contribution is -2.40. The molecule has 1 saturated carbocycles. The minimum atomic E-state index is -4.62. The summed E-state index contributed by atoms with van der Waals surface area (Å²) < 4.78 is 67.2. The molecule has 2 aromatic heterocycles. The van der Waals surface area contributed by atoms with Gasteiger partial charge >= 0.3 is 6.18 Å². The van der Waals surface area contributed by atoms with Crippen molar-refractivity contribution in [2.75, 3.05) is 11.9 Å². The summed E-state index contributed by atoms with van der Waals surface area (Å²) in [6, 6.07) is -1.84. The van der Waals surface area contributed by atoms with Gasteiger partial charge in [-0.15, -0.1) is 11.3 Å². The van der Waals surface area contributed by atoms with Gasteiger partial charge in [0.25, 0.3) is 18.2 Å². The molecule has 2 fully saturated rings. The molecule has 2 amide bonds. The third kappa shape index (κ3) is 5.90. The summed E-state index contributed by atoms with van der Waals surface area (Å²) in [6.07, 6.45) is -4.18. The Morgan fingerprint density at radius 3 is 2.53 bits per heavy atom. The van der Waals surface area contributed by atoms with Crippen molar-refractivity contribution < 1.29 is 36.6 Å². The van der Waals surface area contributed by atoms with Crippen LogP contribution < -0.4 is 10.6 Å². The van der Waals surface area contributed by atoms with Crippen molar-refractivity contribution in [3.05, 3.63) is 28.5 Å². The van der Waals surface area contributed by atoms with Crippen LogP contribution in [0, 0.1) is 0 Å². The van der Waals surface area contributed by atoms with Crippen molar-refractivity contribution in [3.8, 4) is 10.4 Å². The van der Waals surface area contributed by atoms with Crippen LogP contribution in [0.5, 0.6) is 0 Å². The molecule has 14 heteroatoms. The van der Waals surface area contributed by atoms with E-state index in [9.17, 15) is 36.6 Å². The van der Waals surface area contributed by atoms with Crippen LogP contribution in [0.25, 0.3) is 10.4 Å². The average molecular weight is 562 g/mol. The molecule has 0 radical (unpaired) electrons. The maximum absolute atomic E-state index is 14.1. The number of likely N-dealkylation sites (tertiary alicyclic amines) is 1. The second-order valence-corrected chi connectivity index (χ2v) is 10.6. The zero-order chi connectivity index (χ0) is 27.8. The molecule has 0 bridgehead atoms. The Morgan fingerprint density at radius 2 is 1.95 bits per heavy atom. The zero-order valence-corrected chi connectivity index (χ0v) is 21.5. The summed E-state index contributed by atoms with van der Waals surface area (Å²) in [6.45, 7) is 3.12. The van der Waals surface area contributed by atoms with Crippen LogP contribution >= 0.6 is 11.3 Å². The van der Waals surface area contributed by atoms with Crippen molar-refractivity contribution in [3.63, 3.8) is 0 Å². The van der Waals surface area contributed by atoms with Gasteiger partial charge in [-0.1, -0.05) is 0 Å². The number of hydrogen-bond donors (Lipinski definition) is 3. The third-order valence-corrected chi connectivity index (χ3v) is 7.99. The highest BCUT2D eigenvalue weighted by molar-refractivity contribution is 7.17. The van der Waals surface area contributed by atoms with Crippen LogP contribution in [0.4, 0.5) is 27.8 Å². The predicted molar refractivity (Wildman–Crippen MR) is 130 cm³/mol. The minimum Gasteiger partial charge on any atom is -0.391 e. The molecular weight excluding hydrogens is 533 g/mol. The topological polar surface area (TPSA) is 107 Å². The number of carbonyl (C=O) groups is 2. The first-order valence-electron chi connectivity index (χ1n) is 12.3. The van der Waals surface area contributed by atoms with Gasteiger partial charge in [0.15, 0.2) is 5.01 Å². The fraction of sp³-hybridized carbons (Fsp3) is 0.583. The third-order valence-electron chi connectivity index (χ3n) is 6.90. The smallest absolute Gasteiger partial charge is 0.391 e. The maximum Gasteiger partial charge on any atom is 0.408 e. The first-order valence-corrected chi connectivity index (χ1v) is 13.1. The van der Waals surface area contributed by atoms with Crippen LogP contribution in [0.3, 0.4) is 0 Å². The van der Waals surface area contributed by atoms with E-state index in [0.717, 1.165) is 49.8 Å². The van der Waals surface area contributed by atoms with Crippen LogP contribution in [-0.4, -0.2) is 68.7 Å². The van der Waals surface area contributed by atoms with E-state index < -0.39 is 54.0 Å². The average Bonchev–Trinajstić information content (AvgIpc) is 3.58. The zero-order valence-electron chi connectivity index (χ0n) is 20.7. The molecule has 0 aromatic carbocycles. The Kier molecular flexibility index (Phi) is 8.21. The van der Waals surface area contributed by atoms with Gasteiger partial charge in [-0.3, -0.25) is 9.59 Å². The van der Waals surface area contributed by atoms with Gasteiger partial charge in [0, 0.05) is 29.9 Å². The number of rotatable bonds is 7. The van der Waals surface area contributed by atoms with Crippen LogP contribution in [0.2, 0.25) is 0 Å². The van der Waals surface area contributed by atoms with Gasteiger partial charge in [-0.2, -0.15) is 13.2 Å². The van der Waals surface area contributed by atoms with Crippen LogP contribution in [-0.2, 0) is 0 Å². The molecule has 2 aliphatic rings. The normalized spacial score (nSPS) is 22.7. The van der Waals surface area contributed by atoms with Gasteiger partial charge in [-0.05, 0) is 52.0 Å². The Balaban J connectivity index is 1.74. The number of nitrogens with zero attached hydrogens (tertiary/aromatic N) is 3. The summed E-state index contributed by atoms with van der Waals surface area (Å²) in [7, 11) is 0. The Bertz CT molecular complexity index is 1190. The number of aliphatic hydroxyl groups excluding tert-OH is 1. The first-order chi connectivity index (χ1) is 17.9. The van der Waals surface area contributed by atoms with Crippen molar-refractivity contribution in [2.24, 2.45) is 0 Å². The maximum atomic E-state index is 14.1. The molecule has 8 nitrogen and oxygen atoms in total. The standard InChI is InChI=1S/C24H28F5N5O3S/c1-11-5-4-8-34(11)23(37)18-19(38-22(33-18)21(36)32-15-6-3-7-16(15)35)14-10-30-17(9-13(14)20(25)26)31-12(2)24(27,28)29/h9-12,15-16,20,35H,3-8H2,1-2H3,(H,30,31)(H,32,36)/t11-,12-,15+,16+/m0/s1. The molecule has 3 N–H and O–H groups in total. The highest BCUT2D eigenvalue weighted by Crippen LogP contribution is 2.39. The fourth-order valence-electron chi connectivity index (χ4n) is 4.68. The number of amides is 2. The quantitative estimate of drug-likeness (QED) is 0.421. The number of anilines is 1. The lowest BCUT2D eigenvalue weighted by Gasteiger charge is -2.21. The van der Waals surface area contributed by atoms with Crippen molar-refractivity contribution >= 4 is 29.0 Å². The minimum absolute atomic E-state index is 0.0237. The number of aliphatic hydroxyl groups is 1. The number of nitrogens with one attached hydrogen (secondary N) is 2. The van der Waals surface area contributed by atoms with E-state index in [-0.39, 0.29) is 27.2 Å². The van der Waals surface area contributed by atoms with Crippen molar-refractivity contribution in [2.45, 2.75) is 82.8 Å². The Labute approximate surface area is 219 Å². The second kappa shape index (κ2) is 11.1. The largest absolute Gasteiger partial charge is 0.408 e. The van der Waals surface area contributed by atoms with Crippen LogP contribution in [0.15, 0.2) is 12.3 Å². The van der Waals surface area contributed by atoms with E-state index >= 15 is 0 Å². The molecule has 1 aliphatic heterocycles. The molecule has 4 rings (SSSR count). The van der Waals surface area contributed by atoms with Gasteiger partial charge < -0.3 is 20.6 Å².